The van der Waals surface area contributed by atoms with Crippen molar-refractivity contribution in [2.75, 3.05) is 0 Å². The lowest BCUT2D eigenvalue weighted by Gasteiger charge is -2.09. The highest BCUT2D eigenvalue weighted by atomic mass is 32.2. The van der Waals surface area contributed by atoms with Crippen molar-refractivity contribution in [1.29, 1.82) is 0 Å². The molecule has 1 aromatic carbocycles. The fourth-order valence-corrected chi connectivity index (χ4v) is 5.20. The van der Waals surface area contributed by atoms with E-state index >= 15 is 0 Å². The fourth-order valence-electron chi connectivity index (χ4n) is 3.38. The Labute approximate surface area is 193 Å². The number of thioether (sulfide) groups is 1. The highest BCUT2D eigenvalue weighted by molar-refractivity contribution is 7.98. The molecule has 0 spiro atoms. The van der Waals surface area contributed by atoms with Crippen LogP contribution in [-0.4, -0.2) is 29.9 Å². The van der Waals surface area contributed by atoms with Crippen LogP contribution in [-0.2, 0) is 12.2 Å². The van der Waals surface area contributed by atoms with Crippen molar-refractivity contribution in [3.8, 4) is 27.8 Å². The Morgan fingerprint density at radius 3 is 2.56 bits per heavy atom. The van der Waals surface area contributed by atoms with Gasteiger partial charge in [0.25, 0.3) is 5.89 Å². The molecule has 0 radical (unpaired) electrons. The summed E-state index contributed by atoms with van der Waals surface area (Å²) in [5, 5.41) is 18.1. The van der Waals surface area contributed by atoms with Gasteiger partial charge in [-0.3, -0.25) is 9.55 Å². The summed E-state index contributed by atoms with van der Waals surface area (Å²) >= 11 is 3.22. The van der Waals surface area contributed by atoms with E-state index in [1.54, 1.807) is 23.7 Å². The van der Waals surface area contributed by atoms with E-state index in [0.29, 0.717) is 17.5 Å². The summed E-state index contributed by atoms with van der Waals surface area (Å²) < 4.78 is 7.98. The summed E-state index contributed by atoms with van der Waals surface area (Å²) in [6.45, 7) is 4.27. The van der Waals surface area contributed by atoms with Gasteiger partial charge in [0, 0.05) is 28.5 Å². The first-order chi connectivity index (χ1) is 15.7. The zero-order valence-corrected chi connectivity index (χ0v) is 19.2. The van der Waals surface area contributed by atoms with Crippen LogP contribution in [0, 0.1) is 6.92 Å². The Hall–Kier alpha value is -3.30. The second-order valence-electron chi connectivity index (χ2n) is 7.07. The topological polar surface area (TPSA) is 82.5 Å². The number of pyridine rings is 1. The fraction of sp³-hybridized carbons (Fsp3) is 0.174. The minimum absolute atomic E-state index is 0.499. The van der Waals surface area contributed by atoms with E-state index in [4.69, 9.17) is 4.42 Å². The smallest absolute Gasteiger partial charge is 0.257 e. The first kappa shape index (κ1) is 20.6. The lowest BCUT2D eigenvalue weighted by atomic mass is 10.2. The van der Waals surface area contributed by atoms with Gasteiger partial charge in [0.1, 0.15) is 0 Å². The van der Waals surface area contributed by atoms with Crippen molar-refractivity contribution in [3.05, 3.63) is 77.3 Å². The largest absolute Gasteiger partial charge is 0.419 e. The Kier molecular flexibility index (Phi) is 5.83. The SMILES string of the molecule is CCc1sc(-c2nnc(CSc3nnc(-c4ccncc4)n3-c3ccccc3)o2)cc1C. The molecule has 0 bridgehead atoms. The molecule has 5 rings (SSSR count). The maximum Gasteiger partial charge on any atom is 0.257 e. The standard InChI is InChI=1S/C23H20N6OS2/c1-3-18-15(2)13-19(32-18)22-27-25-20(30-22)14-31-23-28-26-21(16-9-11-24-12-10-16)29(23)17-7-5-4-6-8-17/h4-13H,3,14H2,1-2H3. The molecular weight excluding hydrogens is 440 g/mol. The minimum Gasteiger partial charge on any atom is -0.419 e. The Bertz CT molecular complexity index is 1330. The van der Waals surface area contributed by atoms with E-state index in [2.05, 4.69) is 45.3 Å². The summed E-state index contributed by atoms with van der Waals surface area (Å²) in [5.41, 5.74) is 3.20. The van der Waals surface area contributed by atoms with Crippen LogP contribution >= 0.6 is 23.1 Å². The molecule has 7 nitrogen and oxygen atoms in total. The minimum atomic E-state index is 0.499. The third kappa shape index (κ3) is 4.09. The zero-order chi connectivity index (χ0) is 21.9. The van der Waals surface area contributed by atoms with Gasteiger partial charge in [-0.2, -0.15) is 0 Å². The molecular formula is C23H20N6OS2. The van der Waals surface area contributed by atoms with Crippen molar-refractivity contribution < 1.29 is 4.42 Å². The van der Waals surface area contributed by atoms with Gasteiger partial charge < -0.3 is 4.42 Å². The monoisotopic (exact) mass is 460 g/mol. The van der Waals surface area contributed by atoms with E-state index in [0.717, 1.165) is 33.5 Å². The predicted octanol–water partition coefficient (Wildman–Crippen LogP) is 5.60. The summed E-state index contributed by atoms with van der Waals surface area (Å²) in [6.07, 6.45) is 4.51. The first-order valence-corrected chi connectivity index (χ1v) is 12.0. The van der Waals surface area contributed by atoms with Crippen LogP contribution in [0.5, 0.6) is 0 Å². The third-order valence-electron chi connectivity index (χ3n) is 4.93. The Morgan fingerprint density at radius 2 is 1.81 bits per heavy atom. The molecule has 0 fully saturated rings. The summed E-state index contributed by atoms with van der Waals surface area (Å²) in [5.74, 6) is 2.38. The van der Waals surface area contributed by atoms with Crippen molar-refractivity contribution in [3.63, 3.8) is 0 Å². The molecule has 5 aromatic rings. The lowest BCUT2D eigenvalue weighted by molar-refractivity contribution is 0.529. The van der Waals surface area contributed by atoms with E-state index < -0.39 is 0 Å². The number of aryl methyl sites for hydroxylation is 2. The summed E-state index contributed by atoms with van der Waals surface area (Å²) in [7, 11) is 0. The van der Waals surface area contributed by atoms with Gasteiger partial charge in [-0.05, 0) is 49.2 Å². The Balaban J connectivity index is 1.42. The first-order valence-electron chi connectivity index (χ1n) is 10.2. The molecule has 0 aliphatic heterocycles. The number of nitrogens with zero attached hydrogens (tertiary/aromatic N) is 6. The van der Waals surface area contributed by atoms with Gasteiger partial charge in [0.05, 0.1) is 10.6 Å². The molecule has 0 aliphatic rings. The number of hydrogen-bond acceptors (Lipinski definition) is 8. The van der Waals surface area contributed by atoms with E-state index in [1.807, 2.05) is 47.0 Å². The van der Waals surface area contributed by atoms with Gasteiger partial charge in [0.15, 0.2) is 11.0 Å². The van der Waals surface area contributed by atoms with Crippen LogP contribution < -0.4 is 0 Å². The maximum atomic E-state index is 5.94. The van der Waals surface area contributed by atoms with Crippen LogP contribution in [0.2, 0.25) is 0 Å². The van der Waals surface area contributed by atoms with Gasteiger partial charge in [-0.25, -0.2) is 0 Å². The van der Waals surface area contributed by atoms with Crippen LogP contribution in [0.25, 0.3) is 27.8 Å². The van der Waals surface area contributed by atoms with Crippen LogP contribution in [0.3, 0.4) is 0 Å². The lowest BCUT2D eigenvalue weighted by Crippen LogP contribution is -1.99. The molecule has 0 N–H and O–H groups in total. The second-order valence-corrected chi connectivity index (χ2v) is 9.15. The molecule has 9 heteroatoms. The molecule has 0 atom stereocenters. The van der Waals surface area contributed by atoms with Crippen LogP contribution in [0.15, 0.2) is 70.5 Å². The molecule has 32 heavy (non-hydrogen) atoms. The van der Waals surface area contributed by atoms with E-state index in [-0.39, 0.29) is 0 Å². The van der Waals surface area contributed by atoms with Crippen molar-refractivity contribution in [2.45, 2.75) is 31.2 Å². The van der Waals surface area contributed by atoms with Crippen LogP contribution in [0.4, 0.5) is 0 Å². The van der Waals surface area contributed by atoms with Crippen molar-refractivity contribution in [2.24, 2.45) is 0 Å². The molecule has 0 aliphatic carbocycles. The number of thiophene rings is 1. The molecule has 160 valence electrons. The average molecular weight is 461 g/mol. The summed E-state index contributed by atoms with van der Waals surface area (Å²) in [6, 6.07) is 16.0. The van der Waals surface area contributed by atoms with Crippen molar-refractivity contribution >= 4 is 23.1 Å². The van der Waals surface area contributed by atoms with E-state index in [9.17, 15) is 0 Å². The molecule has 0 saturated heterocycles. The Morgan fingerprint density at radius 1 is 1.00 bits per heavy atom. The second kappa shape index (κ2) is 9.05. The average Bonchev–Trinajstić information content (AvgIpc) is 3.56. The van der Waals surface area contributed by atoms with Gasteiger partial charge in [-0.15, -0.1) is 31.7 Å². The number of para-hydroxylation sites is 1. The molecule has 4 heterocycles. The molecule has 4 aromatic heterocycles. The number of aromatic nitrogens is 6. The predicted molar refractivity (Wildman–Crippen MR) is 126 cm³/mol. The highest BCUT2D eigenvalue weighted by Gasteiger charge is 2.18. The number of benzene rings is 1. The quantitative estimate of drug-likeness (QED) is 0.292. The maximum absolute atomic E-state index is 5.94. The van der Waals surface area contributed by atoms with E-state index in [1.165, 1.54) is 22.2 Å². The number of hydrogen-bond donors (Lipinski definition) is 0. The molecule has 0 saturated carbocycles. The number of rotatable bonds is 7. The van der Waals surface area contributed by atoms with Gasteiger partial charge in [-0.1, -0.05) is 36.9 Å². The zero-order valence-electron chi connectivity index (χ0n) is 17.6. The third-order valence-corrected chi connectivity index (χ3v) is 7.21. The van der Waals surface area contributed by atoms with Gasteiger partial charge in [0.2, 0.25) is 5.89 Å². The summed E-state index contributed by atoms with van der Waals surface area (Å²) in [4.78, 5) is 6.46. The highest BCUT2D eigenvalue weighted by Crippen LogP contribution is 2.33. The normalized spacial score (nSPS) is 11.2. The van der Waals surface area contributed by atoms with Crippen molar-refractivity contribution in [1.82, 2.24) is 29.9 Å². The van der Waals surface area contributed by atoms with Crippen LogP contribution in [0.1, 0.15) is 23.3 Å². The molecule has 0 unspecified atom stereocenters. The van der Waals surface area contributed by atoms with Gasteiger partial charge >= 0.3 is 0 Å². The molecule has 0 amide bonds.